The van der Waals surface area contributed by atoms with E-state index in [1.807, 2.05) is 6.92 Å². The maximum Gasteiger partial charge on any atom is 0.321 e. The normalized spacial score (nSPS) is 11.0. The van der Waals surface area contributed by atoms with Gasteiger partial charge in [-0.2, -0.15) is 4.31 Å². The molecule has 0 aliphatic carbocycles. The minimum Gasteiger partial charge on any atom is -0.468 e. The van der Waals surface area contributed by atoms with Crippen LogP contribution < -0.4 is 0 Å². The Balaban J connectivity index is 3.06. The fourth-order valence-electron chi connectivity index (χ4n) is 1.55. The van der Waals surface area contributed by atoms with Crippen molar-refractivity contribution in [2.45, 2.75) is 11.8 Å². The van der Waals surface area contributed by atoms with Crippen molar-refractivity contribution in [1.29, 1.82) is 0 Å². The molecule has 1 rings (SSSR count). The molecular formula is C12H16N4O4S. The maximum atomic E-state index is 12.5. The van der Waals surface area contributed by atoms with Crippen LogP contribution in [0.1, 0.15) is 5.56 Å². The van der Waals surface area contributed by atoms with Crippen LogP contribution in [0.3, 0.4) is 0 Å². The van der Waals surface area contributed by atoms with Gasteiger partial charge in [-0.25, -0.2) is 8.42 Å². The van der Waals surface area contributed by atoms with E-state index in [2.05, 4.69) is 14.8 Å². The number of carbonyl (C=O) groups is 1. The van der Waals surface area contributed by atoms with Crippen LogP contribution in [0.5, 0.6) is 0 Å². The number of hydrogen-bond donors (Lipinski definition) is 0. The predicted octanol–water partition coefficient (Wildman–Crippen LogP) is 1.47. The molecule has 0 unspecified atom stereocenters. The number of azide groups is 1. The first-order valence-electron chi connectivity index (χ1n) is 6.06. The van der Waals surface area contributed by atoms with Gasteiger partial charge < -0.3 is 4.74 Å². The number of carbonyl (C=O) groups excluding carboxylic acids is 1. The summed E-state index contributed by atoms with van der Waals surface area (Å²) in [6.45, 7) is 1.23. The SMILES string of the molecule is COC(=O)CN(CCN=[N+]=[N-])S(=O)(=O)c1ccc(C)cc1. The van der Waals surface area contributed by atoms with Crippen LogP contribution in [0.25, 0.3) is 10.4 Å². The molecule has 0 amide bonds. The largest absolute Gasteiger partial charge is 0.468 e. The van der Waals surface area contributed by atoms with Crippen LogP contribution in [-0.4, -0.2) is 45.4 Å². The molecule has 0 aliphatic heterocycles. The first-order valence-corrected chi connectivity index (χ1v) is 7.50. The molecule has 0 aromatic heterocycles. The van der Waals surface area contributed by atoms with E-state index in [-0.39, 0.29) is 18.0 Å². The van der Waals surface area contributed by atoms with Crippen LogP contribution in [-0.2, 0) is 19.6 Å². The zero-order valence-electron chi connectivity index (χ0n) is 11.8. The van der Waals surface area contributed by atoms with E-state index in [9.17, 15) is 13.2 Å². The number of aryl methyl sites for hydroxylation is 1. The number of methoxy groups -OCH3 is 1. The van der Waals surface area contributed by atoms with Crippen molar-refractivity contribution in [2.75, 3.05) is 26.7 Å². The maximum absolute atomic E-state index is 12.5. The molecule has 8 nitrogen and oxygen atoms in total. The van der Waals surface area contributed by atoms with Crippen LogP contribution in [0, 0.1) is 6.92 Å². The second kappa shape index (κ2) is 7.63. The molecule has 0 heterocycles. The van der Waals surface area contributed by atoms with Gasteiger partial charge >= 0.3 is 5.97 Å². The first-order chi connectivity index (χ1) is 9.91. The molecule has 0 atom stereocenters. The van der Waals surface area contributed by atoms with E-state index >= 15 is 0 Å². The summed E-state index contributed by atoms with van der Waals surface area (Å²) in [5.74, 6) is -0.688. The number of ether oxygens (including phenoxy) is 1. The summed E-state index contributed by atoms with van der Waals surface area (Å²) < 4.78 is 30.4. The van der Waals surface area contributed by atoms with E-state index < -0.39 is 22.5 Å². The van der Waals surface area contributed by atoms with Gasteiger partial charge in [0.1, 0.15) is 6.54 Å². The molecule has 114 valence electrons. The number of hydrogen-bond acceptors (Lipinski definition) is 5. The third kappa shape index (κ3) is 4.75. The number of rotatable bonds is 7. The van der Waals surface area contributed by atoms with Gasteiger partial charge in [-0.1, -0.05) is 22.8 Å². The first kappa shape index (κ1) is 17.0. The lowest BCUT2D eigenvalue weighted by atomic mass is 10.2. The molecule has 0 bridgehead atoms. The third-order valence-corrected chi connectivity index (χ3v) is 4.56. The minimum absolute atomic E-state index is 0.0675. The fraction of sp³-hybridized carbons (Fsp3) is 0.417. The van der Waals surface area contributed by atoms with Crippen molar-refractivity contribution in [3.8, 4) is 0 Å². The molecule has 0 saturated heterocycles. The minimum atomic E-state index is -3.85. The van der Waals surface area contributed by atoms with E-state index in [0.717, 1.165) is 9.87 Å². The molecule has 0 saturated carbocycles. The van der Waals surface area contributed by atoms with Gasteiger partial charge in [0.15, 0.2) is 0 Å². The van der Waals surface area contributed by atoms with Crippen LogP contribution in [0.15, 0.2) is 34.3 Å². The van der Waals surface area contributed by atoms with Gasteiger partial charge in [0.25, 0.3) is 0 Å². The lowest BCUT2D eigenvalue weighted by Crippen LogP contribution is -2.37. The van der Waals surface area contributed by atoms with Crippen molar-refractivity contribution >= 4 is 16.0 Å². The Labute approximate surface area is 123 Å². The zero-order valence-corrected chi connectivity index (χ0v) is 12.6. The van der Waals surface area contributed by atoms with Gasteiger partial charge in [-0.3, -0.25) is 4.79 Å². The Morgan fingerprint density at radius 3 is 2.52 bits per heavy atom. The molecule has 9 heteroatoms. The molecule has 0 aliphatic rings. The summed E-state index contributed by atoms with van der Waals surface area (Å²) in [6, 6.07) is 6.25. The average Bonchev–Trinajstić information content (AvgIpc) is 2.46. The van der Waals surface area contributed by atoms with Crippen molar-refractivity contribution in [3.63, 3.8) is 0 Å². The molecule has 1 aromatic carbocycles. The second-order valence-electron chi connectivity index (χ2n) is 4.18. The highest BCUT2D eigenvalue weighted by molar-refractivity contribution is 7.89. The molecule has 0 spiro atoms. The molecule has 0 radical (unpaired) electrons. The lowest BCUT2D eigenvalue weighted by molar-refractivity contribution is -0.140. The summed E-state index contributed by atoms with van der Waals surface area (Å²) in [4.78, 5) is 14.0. The van der Waals surface area contributed by atoms with Gasteiger partial charge in [0.05, 0.1) is 12.0 Å². The quantitative estimate of drug-likeness (QED) is 0.328. The van der Waals surface area contributed by atoms with E-state index in [0.29, 0.717) is 0 Å². The van der Waals surface area contributed by atoms with E-state index in [4.69, 9.17) is 5.53 Å². The summed E-state index contributed by atoms with van der Waals surface area (Å²) in [5, 5.41) is 3.29. The summed E-state index contributed by atoms with van der Waals surface area (Å²) >= 11 is 0. The highest BCUT2D eigenvalue weighted by Crippen LogP contribution is 2.16. The second-order valence-corrected chi connectivity index (χ2v) is 6.12. The van der Waals surface area contributed by atoms with Crippen molar-refractivity contribution in [2.24, 2.45) is 5.11 Å². The number of nitrogens with zero attached hydrogens (tertiary/aromatic N) is 4. The number of benzene rings is 1. The Bertz CT molecular complexity index is 636. The fourth-order valence-corrected chi connectivity index (χ4v) is 2.93. The summed E-state index contributed by atoms with van der Waals surface area (Å²) in [7, 11) is -2.68. The van der Waals surface area contributed by atoms with Crippen LogP contribution >= 0.6 is 0 Å². The highest BCUT2D eigenvalue weighted by atomic mass is 32.2. The third-order valence-electron chi connectivity index (χ3n) is 2.70. The van der Waals surface area contributed by atoms with E-state index in [1.54, 1.807) is 12.1 Å². The number of esters is 1. The van der Waals surface area contributed by atoms with Crippen molar-refractivity contribution < 1.29 is 17.9 Å². The van der Waals surface area contributed by atoms with Gasteiger partial charge in [-0.05, 0) is 24.6 Å². The standard InChI is InChI=1S/C12H16N4O4S/c1-10-3-5-11(6-4-10)21(18,19)16(8-7-14-15-13)9-12(17)20-2/h3-6H,7-9H2,1-2H3. The predicted molar refractivity (Wildman–Crippen MR) is 76.0 cm³/mol. The van der Waals surface area contributed by atoms with Crippen LogP contribution in [0.2, 0.25) is 0 Å². The zero-order chi connectivity index (χ0) is 15.9. The lowest BCUT2D eigenvalue weighted by Gasteiger charge is -2.20. The number of sulfonamides is 1. The molecule has 1 aromatic rings. The monoisotopic (exact) mass is 312 g/mol. The smallest absolute Gasteiger partial charge is 0.321 e. The Morgan fingerprint density at radius 2 is 2.00 bits per heavy atom. The summed E-state index contributed by atoms with van der Waals surface area (Å²) in [6.07, 6.45) is 0. The Morgan fingerprint density at radius 1 is 1.38 bits per heavy atom. The molecular weight excluding hydrogens is 296 g/mol. The molecule has 0 fully saturated rings. The summed E-state index contributed by atoms with van der Waals surface area (Å²) in [5.41, 5.74) is 9.18. The molecule has 0 N–H and O–H groups in total. The molecule has 21 heavy (non-hydrogen) atoms. The highest BCUT2D eigenvalue weighted by Gasteiger charge is 2.26. The topological polar surface area (TPSA) is 112 Å². The Kier molecular flexibility index (Phi) is 6.16. The Hall–Kier alpha value is -2.09. The van der Waals surface area contributed by atoms with Gasteiger partial charge in [-0.15, -0.1) is 0 Å². The van der Waals surface area contributed by atoms with Gasteiger partial charge in [0, 0.05) is 18.0 Å². The van der Waals surface area contributed by atoms with Crippen molar-refractivity contribution in [3.05, 3.63) is 40.3 Å². The van der Waals surface area contributed by atoms with Crippen LogP contribution in [0.4, 0.5) is 0 Å². The van der Waals surface area contributed by atoms with Crippen molar-refractivity contribution in [1.82, 2.24) is 4.31 Å². The van der Waals surface area contributed by atoms with Gasteiger partial charge in [0.2, 0.25) is 10.0 Å². The van der Waals surface area contributed by atoms with E-state index in [1.165, 1.54) is 19.2 Å². The average molecular weight is 312 g/mol.